The number of morpholine rings is 1. The van der Waals surface area contributed by atoms with Crippen molar-refractivity contribution in [1.82, 2.24) is 19.8 Å². The largest absolute Gasteiger partial charge is 0.361 e. The van der Waals surface area contributed by atoms with Gasteiger partial charge in [0.05, 0.1) is 6.61 Å². The summed E-state index contributed by atoms with van der Waals surface area (Å²) >= 11 is 1.70. The fourth-order valence-corrected chi connectivity index (χ4v) is 5.29. The smallest absolute Gasteiger partial charge is 0.257 e. The minimum Gasteiger partial charge on any atom is -0.361 e. The van der Waals surface area contributed by atoms with Crippen molar-refractivity contribution in [2.75, 3.05) is 26.2 Å². The number of carbonyl (C=O) groups is 1. The molecule has 5 rings (SSSR count). The standard InChI is InChI=1S/C23H24N4O2S/c28-22-23(29-9-8-27(22)14-18-3-1-6-24-11-18)17-26(13-19-5-10-30-16-19)15-21(23)20-4-2-7-25-12-20/h1-7,10-12,16,21H,8-9,13-15,17H2/t21-,23-/m0/s1. The number of rotatable bonds is 5. The molecule has 6 nitrogen and oxygen atoms in total. The molecule has 0 unspecified atom stereocenters. The van der Waals surface area contributed by atoms with Gasteiger partial charge in [0.15, 0.2) is 5.60 Å². The molecule has 7 heteroatoms. The van der Waals surface area contributed by atoms with Gasteiger partial charge in [0, 0.05) is 63.4 Å². The molecule has 0 aromatic carbocycles. The number of ether oxygens (including phenoxy) is 1. The van der Waals surface area contributed by atoms with Crippen LogP contribution < -0.4 is 0 Å². The lowest BCUT2D eigenvalue weighted by molar-refractivity contribution is -0.173. The Morgan fingerprint density at radius 3 is 2.70 bits per heavy atom. The predicted molar refractivity (Wildman–Crippen MR) is 115 cm³/mol. The van der Waals surface area contributed by atoms with Crippen LogP contribution in [0.5, 0.6) is 0 Å². The van der Waals surface area contributed by atoms with Crippen LogP contribution in [0.25, 0.3) is 0 Å². The third kappa shape index (κ3) is 3.64. The molecule has 2 saturated heterocycles. The third-order valence-electron chi connectivity index (χ3n) is 6.00. The minimum atomic E-state index is -0.875. The zero-order chi connectivity index (χ0) is 20.4. The van der Waals surface area contributed by atoms with Gasteiger partial charge >= 0.3 is 0 Å². The van der Waals surface area contributed by atoms with Crippen molar-refractivity contribution in [3.8, 4) is 0 Å². The first kappa shape index (κ1) is 19.4. The van der Waals surface area contributed by atoms with Gasteiger partial charge in [-0.05, 0) is 45.6 Å². The van der Waals surface area contributed by atoms with E-state index in [-0.39, 0.29) is 11.8 Å². The molecule has 3 aromatic rings. The van der Waals surface area contributed by atoms with Gasteiger partial charge in [-0.25, -0.2) is 0 Å². The maximum atomic E-state index is 13.8. The van der Waals surface area contributed by atoms with Crippen LogP contribution in [0.1, 0.15) is 22.6 Å². The molecule has 0 bridgehead atoms. The molecule has 154 valence electrons. The summed E-state index contributed by atoms with van der Waals surface area (Å²) in [6.07, 6.45) is 7.22. The number of likely N-dealkylation sites (tertiary alicyclic amines) is 1. The summed E-state index contributed by atoms with van der Waals surface area (Å²) in [6.45, 7) is 3.87. The highest BCUT2D eigenvalue weighted by Gasteiger charge is 2.56. The quantitative estimate of drug-likeness (QED) is 0.635. The lowest BCUT2D eigenvalue weighted by Gasteiger charge is -2.42. The molecule has 30 heavy (non-hydrogen) atoms. The Morgan fingerprint density at radius 1 is 1.10 bits per heavy atom. The minimum absolute atomic E-state index is 0.0472. The Morgan fingerprint density at radius 2 is 1.97 bits per heavy atom. The first-order valence-electron chi connectivity index (χ1n) is 10.2. The van der Waals surface area contributed by atoms with Gasteiger partial charge < -0.3 is 9.64 Å². The first-order valence-corrected chi connectivity index (χ1v) is 11.1. The van der Waals surface area contributed by atoms with Gasteiger partial charge in [0.25, 0.3) is 5.91 Å². The fourth-order valence-electron chi connectivity index (χ4n) is 4.63. The molecule has 1 spiro atoms. The van der Waals surface area contributed by atoms with E-state index in [2.05, 4.69) is 37.8 Å². The van der Waals surface area contributed by atoms with Crippen LogP contribution in [0.15, 0.2) is 65.9 Å². The summed E-state index contributed by atoms with van der Waals surface area (Å²) in [5.41, 5.74) is 2.49. The first-order chi connectivity index (χ1) is 14.7. The average Bonchev–Trinajstić information content (AvgIpc) is 3.42. The molecule has 2 atom stereocenters. The normalized spacial score (nSPS) is 24.6. The highest BCUT2D eigenvalue weighted by atomic mass is 32.1. The highest BCUT2D eigenvalue weighted by molar-refractivity contribution is 7.07. The van der Waals surface area contributed by atoms with E-state index in [4.69, 9.17) is 4.74 Å². The topological polar surface area (TPSA) is 58.6 Å². The van der Waals surface area contributed by atoms with Crippen LogP contribution in [0.3, 0.4) is 0 Å². The summed E-state index contributed by atoms with van der Waals surface area (Å²) in [7, 11) is 0. The molecule has 0 N–H and O–H groups in total. The Hall–Kier alpha value is -2.61. The second kappa shape index (κ2) is 8.26. The summed E-state index contributed by atoms with van der Waals surface area (Å²) in [5.74, 6) is 0.0216. The fraction of sp³-hybridized carbons (Fsp3) is 0.348. The summed E-state index contributed by atoms with van der Waals surface area (Å²) in [5, 5.41) is 4.26. The van der Waals surface area contributed by atoms with E-state index >= 15 is 0 Å². The monoisotopic (exact) mass is 420 g/mol. The van der Waals surface area contributed by atoms with E-state index in [1.165, 1.54) is 5.56 Å². The Kier molecular flexibility index (Phi) is 5.33. The SMILES string of the molecule is O=C1N(Cc2cccnc2)CCO[C@]12CN(Cc1ccsc1)C[C@H]2c1cccnc1. The van der Waals surface area contributed by atoms with Crippen molar-refractivity contribution < 1.29 is 9.53 Å². The molecular formula is C23H24N4O2S. The van der Waals surface area contributed by atoms with Crippen molar-refractivity contribution in [2.45, 2.75) is 24.6 Å². The Bertz CT molecular complexity index is 983. The van der Waals surface area contributed by atoms with E-state index < -0.39 is 5.60 Å². The molecule has 2 aliphatic rings. The number of hydrogen-bond acceptors (Lipinski definition) is 6. The third-order valence-corrected chi connectivity index (χ3v) is 6.73. The van der Waals surface area contributed by atoms with Crippen LogP contribution >= 0.6 is 11.3 Å². The lowest BCUT2D eigenvalue weighted by Crippen LogP contribution is -2.59. The maximum Gasteiger partial charge on any atom is 0.257 e. The number of nitrogens with zero attached hydrogens (tertiary/aromatic N) is 4. The molecule has 0 aliphatic carbocycles. The number of aromatic nitrogens is 2. The second-order valence-corrected chi connectivity index (χ2v) is 8.75. The lowest BCUT2D eigenvalue weighted by atomic mass is 9.83. The number of thiophene rings is 1. The zero-order valence-corrected chi connectivity index (χ0v) is 17.5. The number of amides is 1. The van der Waals surface area contributed by atoms with Crippen LogP contribution in [0.4, 0.5) is 0 Å². The van der Waals surface area contributed by atoms with Crippen molar-refractivity contribution >= 4 is 17.2 Å². The van der Waals surface area contributed by atoms with E-state index in [0.717, 1.165) is 24.2 Å². The Labute approximate surface area is 180 Å². The predicted octanol–water partition coefficient (Wildman–Crippen LogP) is 2.94. The van der Waals surface area contributed by atoms with Crippen molar-refractivity contribution in [1.29, 1.82) is 0 Å². The molecule has 0 radical (unpaired) electrons. The Balaban J connectivity index is 1.45. The van der Waals surface area contributed by atoms with Gasteiger partial charge in [-0.1, -0.05) is 12.1 Å². The number of carbonyl (C=O) groups excluding carboxylic acids is 1. The molecular weight excluding hydrogens is 396 g/mol. The molecule has 0 saturated carbocycles. The maximum absolute atomic E-state index is 13.8. The molecule has 2 fully saturated rings. The molecule has 5 heterocycles. The second-order valence-electron chi connectivity index (χ2n) is 7.97. The molecule has 3 aromatic heterocycles. The van der Waals surface area contributed by atoms with Gasteiger partial charge in [0.1, 0.15) is 0 Å². The highest BCUT2D eigenvalue weighted by Crippen LogP contribution is 2.42. The number of hydrogen-bond donors (Lipinski definition) is 0. The van der Waals surface area contributed by atoms with E-state index in [9.17, 15) is 4.79 Å². The van der Waals surface area contributed by atoms with Crippen LogP contribution in [-0.2, 0) is 22.6 Å². The van der Waals surface area contributed by atoms with E-state index in [0.29, 0.717) is 26.2 Å². The van der Waals surface area contributed by atoms with Crippen LogP contribution in [0.2, 0.25) is 0 Å². The van der Waals surface area contributed by atoms with Gasteiger partial charge in [0.2, 0.25) is 0 Å². The molecule has 2 aliphatic heterocycles. The van der Waals surface area contributed by atoms with E-state index in [1.54, 1.807) is 23.7 Å². The van der Waals surface area contributed by atoms with Crippen molar-refractivity contribution in [3.63, 3.8) is 0 Å². The van der Waals surface area contributed by atoms with Gasteiger partial charge in [-0.15, -0.1) is 0 Å². The van der Waals surface area contributed by atoms with Crippen molar-refractivity contribution in [2.24, 2.45) is 0 Å². The van der Waals surface area contributed by atoms with Crippen LogP contribution in [-0.4, -0.2) is 57.5 Å². The average molecular weight is 421 g/mol. The van der Waals surface area contributed by atoms with Gasteiger partial charge in [-0.2, -0.15) is 11.3 Å². The summed E-state index contributed by atoms with van der Waals surface area (Å²) in [6, 6.07) is 10.1. The van der Waals surface area contributed by atoms with E-state index in [1.807, 2.05) is 35.5 Å². The van der Waals surface area contributed by atoms with Crippen LogP contribution in [0, 0.1) is 0 Å². The summed E-state index contributed by atoms with van der Waals surface area (Å²) < 4.78 is 6.35. The summed E-state index contributed by atoms with van der Waals surface area (Å²) in [4.78, 5) is 26.6. The number of pyridine rings is 2. The molecule has 1 amide bonds. The zero-order valence-electron chi connectivity index (χ0n) is 16.7. The van der Waals surface area contributed by atoms with Crippen molar-refractivity contribution in [3.05, 3.63) is 82.6 Å². The van der Waals surface area contributed by atoms with Gasteiger partial charge in [-0.3, -0.25) is 19.7 Å².